The number of hydrogen-bond donors (Lipinski definition) is 0. The summed E-state index contributed by atoms with van der Waals surface area (Å²) in [7, 11) is 1.69. The molecule has 0 saturated heterocycles. The molecule has 2 atom stereocenters. The minimum absolute atomic E-state index is 0.0269. The van der Waals surface area contributed by atoms with E-state index in [9.17, 15) is 0 Å². The van der Waals surface area contributed by atoms with Gasteiger partial charge in [-0.2, -0.15) is 0 Å². The Bertz CT molecular complexity index is 513. The van der Waals surface area contributed by atoms with Gasteiger partial charge in [0.05, 0.1) is 25.9 Å². The van der Waals surface area contributed by atoms with Crippen molar-refractivity contribution in [2.45, 2.75) is 32.3 Å². The van der Waals surface area contributed by atoms with Crippen LogP contribution < -0.4 is 0 Å². The predicted octanol–water partition coefficient (Wildman–Crippen LogP) is 3.82. The molecule has 0 bridgehead atoms. The van der Waals surface area contributed by atoms with Crippen LogP contribution in [0.4, 0.5) is 0 Å². The van der Waals surface area contributed by atoms with E-state index in [-0.39, 0.29) is 12.2 Å². The maximum Gasteiger partial charge on any atom is 0.106 e. The number of hydrogen-bond acceptors (Lipinski definition) is 3. The second-order valence-corrected chi connectivity index (χ2v) is 5.28. The minimum atomic E-state index is -0.0765. The van der Waals surface area contributed by atoms with E-state index >= 15 is 0 Å². The van der Waals surface area contributed by atoms with Crippen molar-refractivity contribution in [3.05, 3.63) is 71.8 Å². The molecule has 0 amide bonds. The SMILES string of the molecule is COC(COCc1ccccc1)C(C)OCc1ccccc1. The van der Waals surface area contributed by atoms with E-state index in [0.29, 0.717) is 19.8 Å². The largest absolute Gasteiger partial charge is 0.376 e. The fourth-order valence-electron chi connectivity index (χ4n) is 2.17. The molecule has 22 heavy (non-hydrogen) atoms. The van der Waals surface area contributed by atoms with Crippen LogP contribution in [0.5, 0.6) is 0 Å². The zero-order valence-corrected chi connectivity index (χ0v) is 13.3. The van der Waals surface area contributed by atoms with Crippen molar-refractivity contribution in [1.82, 2.24) is 0 Å². The van der Waals surface area contributed by atoms with Crippen molar-refractivity contribution in [2.24, 2.45) is 0 Å². The quantitative estimate of drug-likeness (QED) is 0.704. The van der Waals surface area contributed by atoms with E-state index in [2.05, 4.69) is 24.3 Å². The Kier molecular flexibility index (Phi) is 7.10. The van der Waals surface area contributed by atoms with Gasteiger partial charge in [-0.3, -0.25) is 0 Å². The van der Waals surface area contributed by atoms with Gasteiger partial charge in [0.15, 0.2) is 0 Å². The highest BCUT2D eigenvalue weighted by Crippen LogP contribution is 2.10. The third-order valence-corrected chi connectivity index (χ3v) is 3.58. The number of benzene rings is 2. The lowest BCUT2D eigenvalue weighted by Gasteiger charge is -2.23. The number of methoxy groups -OCH3 is 1. The van der Waals surface area contributed by atoms with Crippen LogP contribution in [0, 0.1) is 0 Å². The first-order valence-electron chi connectivity index (χ1n) is 7.59. The number of rotatable bonds is 9. The first-order valence-corrected chi connectivity index (χ1v) is 7.59. The highest BCUT2D eigenvalue weighted by atomic mass is 16.6. The Balaban J connectivity index is 1.73. The van der Waals surface area contributed by atoms with Crippen LogP contribution in [0.3, 0.4) is 0 Å². The van der Waals surface area contributed by atoms with Gasteiger partial charge in [-0.1, -0.05) is 60.7 Å². The summed E-state index contributed by atoms with van der Waals surface area (Å²) in [6.07, 6.45) is -0.103. The summed E-state index contributed by atoms with van der Waals surface area (Å²) >= 11 is 0. The second-order valence-electron chi connectivity index (χ2n) is 5.28. The summed E-state index contributed by atoms with van der Waals surface area (Å²) < 4.78 is 17.1. The summed E-state index contributed by atoms with van der Waals surface area (Å²) in [6, 6.07) is 20.3. The van der Waals surface area contributed by atoms with Crippen molar-refractivity contribution >= 4 is 0 Å². The Hall–Kier alpha value is -1.68. The average molecular weight is 300 g/mol. The normalized spacial score (nSPS) is 13.7. The molecule has 118 valence electrons. The molecule has 0 radical (unpaired) electrons. The molecule has 0 aromatic heterocycles. The lowest BCUT2D eigenvalue weighted by molar-refractivity contribution is -0.0895. The first kappa shape index (κ1) is 16.7. The lowest BCUT2D eigenvalue weighted by Crippen LogP contribution is -2.32. The molecule has 0 spiro atoms. The highest BCUT2D eigenvalue weighted by Gasteiger charge is 2.17. The van der Waals surface area contributed by atoms with Crippen molar-refractivity contribution < 1.29 is 14.2 Å². The van der Waals surface area contributed by atoms with E-state index in [4.69, 9.17) is 14.2 Å². The molecule has 3 nitrogen and oxygen atoms in total. The summed E-state index contributed by atoms with van der Waals surface area (Å²) in [6.45, 7) is 3.71. The Morgan fingerprint density at radius 2 is 1.36 bits per heavy atom. The molecule has 0 aliphatic heterocycles. The molecule has 0 fully saturated rings. The molecule has 0 saturated carbocycles. The van der Waals surface area contributed by atoms with E-state index in [1.54, 1.807) is 7.11 Å². The zero-order chi connectivity index (χ0) is 15.6. The molecule has 3 heteroatoms. The third-order valence-electron chi connectivity index (χ3n) is 3.58. The Labute approximate surface area is 132 Å². The predicted molar refractivity (Wildman–Crippen MR) is 87.6 cm³/mol. The fraction of sp³-hybridized carbons (Fsp3) is 0.368. The van der Waals surface area contributed by atoms with E-state index in [0.717, 1.165) is 11.1 Å². The standard InChI is InChI=1S/C19H24O3/c1-16(22-14-18-11-7-4-8-12-18)19(20-2)15-21-13-17-9-5-3-6-10-17/h3-12,16,19H,13-15H2,1-2H3. The van der Waals surface area contributed by atoms with Gasteiger partial charge >= 0.3 is 0 Å². The maximum atomic E-state index is 5.88. The lowest BCUT2D eigenvalue weighted by atomic mass is 10.2. The minimum Gasteiger partial charge on any atom is -0.376 e. The van der Waals surface area contributed by atoms with E-state index in [1.807, 2.05) is 43.3 Å². The van der Waals surface area contributed by atoms with Crippen LogP contribution in [0.2, 0.25) is 0 Å². The molecule has 2 rings (SSSR count). The second kappa shape index (κ2) is 9.36. The molecule has 2 aromatic carbocycles. The fourth-order valence-corrected chi connectivity index (χ4v) is 2.17. The van der Waals surface area contributed by atoms with Crippen molar-refractivity contribution in [3.63, 3.8) is 0 Å². The van der Waals surface area contributed by atoms with Gasteiger partial charge in [0, 0.05) is 7.11 Å². The Morgan fingerprint density at radius 1 is 0.818 bits per heavy atom. The topological polar surface area (TPSA) is 27.7 Å². The van der Waals surface area contributed by atoms with Gasteiger partial charge in [0.2, 0.25) is 0 Å². The van der Waals surface area contributed by atoms with Gasteiger partial charge in [-0.15, -0.1) is 0 Å². The maximum absolute atomic E-state index is 5.88. The molecule has 0 heterocycles. The first-order chi connectivity index (χ1) is 10.8. The van der Waals surface area contributed by atoms with Gasteiger partial charge in [0.25, 0.3) is 0 Å². The van der Waals surface area contributed by atoms with Crippen LogP contribution >= 0.6 is 0 Å². The van der Waals surface area contributed by atoms with E-state index in [1.165, 1.54) is 0 Å². The van der Waals surface area contributed by atoms with Crippen LogP contribution in [0.25, 0.3) is 0 Å². The average Bonchev–Trinajstić information content (AvgIpc) is 2.58. The van der Waals surface area contributed by atoms with Gasteiger partial charge in [0.1, 0.15) is 6.10 Å². The van der Waals surface area contributed by atoms with Gasteiger partial charge in [-0.25, -0.2) is 0 Å². The van der Waals surface area contributed by atoms with Crippen LogP contribution in [-0.2, 0) is 27.4 Å². The monoisotopic (exact) mass is 300 g/mol. The summed E-state index contributed by atoms with van der Waals surface area (Å²) in [5.74, 6) is 0. The van der Waals surface area contributed by atoms with Gasteiger partial charge in [-0.05, 0) is 18.1 Å². The molecule has 0 aliphatic carbocycles. The van der Waals surface area contributed by atoms with Crippen LogP contribution in [0.1, 0.15) is 18.1 Å². The van der Waals surface area contributed by atoms with Gasteiger partial charge < -0.3 is 14.2 Å². The zero-order valence-electron chi connectivity index (χ0n) is 13.3. The summed E-state index contributed by atoms with van der Waals surface area (Å²) in [5, 5.41) is 0. The number of ether oxygens (including phenoxy) is 3. The molecule has 2 aromatic rings. The summed E-state index contributed by atoms with van der Waals surface area (Å²) in [5.41, 5.74) is 2.32. The van der Waals surface area contributed by atoms with Crippen LogP contribution in [-0.4, -0.2) is 25.9 Å². The molecule has 2 unspecified atom stereocenters. The summed E-state index contributed by atoms with van der Waals surface area (Å²) in [4.78, 5) is 0. The Morgan fingerprint density at radius 3 is 1.91 bits per heavy atom. The van der Waals surface area contributed by atoms with E-state index < -0.39 is 0 Å². The molecular weight excluding hydrogens is 276 g/mol. The van der Waals surface area contributed by atoms with Crippen molar-refractivity contribution in [3.8, 4) is 0 Å². The van der Waals surface area contributed by atoms with Crippen LogP contribution in [0.15, 0.2) is 60.7 Å². The van der Waals surface area contributed by atoms with Crippen molar-refractivity contribution in [2.75, 3.05) is 13.7 Å². The third kappa shape index (κ3) is 5.60. The molecule has 0 N–H and O–H groups in total. The van der Waals surface area contributed by atoms with Crippen molar-refractivity contribution in [1.29, 1.82) is 0 Å². The molecule has 0 aliphatic rings. The molecular formula is C19H24O3. The smallest absolute Gasteiger partial charge is 0.106 e. The highest BCUT2D eigenvalue weighted by molar-refractivity contribution is 5.14.